The maximum absolute atomic E-state index is 7.39. The lowest BCUT2D eigenvalue weighted by Gasteiger charge is -1.81. The van der Waals surface area contributed by atoms with E-state index >= 15 is 0 Å². The molecule has 0 atom stereocenters. The molecule has 0 aliphatic rings. The Bertz CT molecular complexity index is 10.8. The number of hydrogen-bond donors (Lipinski definition) is 3. The van der Waals surface area contributed by atoms with Gasteiger partial charge in [0.2, 0.25) is 6.41 Å². The molecule has 4 heavy (non-hydrogen) atoms. The first-order valence-corrected chi connectivity index (χ1v) is 0.850. The predicted molar refractivity (Wildman–Crippen MR) is 12.4 cm³/mol. The zero-order valence-electron chi connectivity index (χ0n) is 2.05. The lowest BCUT2D eigenvalue weighted by atomic mass is 11.2. The molecule has 4 N–H and O–H groups in total. The first-order valence-electron chi connectivity index (χ1n) is 0.850. The van der Waals surface area contributed by atoms with Crippen LogP contribution in [0.1, 0.15) is 0 Å². The number of nitrogens with two attached hydrogens (primary N) is 1. The summed E-state index contributed by atoms with van der Waals surface area (Å²) in [7, 11) is 0. The van der Waals surface area contributed by atoms with Crippen LogP contribution in [0.5, 0.6) is 0 Å². The second kappa shape index (κ2) is 1.23. The molecule has 0 fully saturated rings. The Kier molecular flexibility index (Phi) is 1.19. The van der Waals surface area contributed by atoms with Gasteiger partial charge in [0.1, 0.15) is 0 Å². The van der Waals surface area contributed by atoms with Gasteiger partial charge in [-0.25, -0.2) is 0 Å². The van der Waals surface area contributed by atoms with Crippen molar-refractivity contribution >= 4 is 0 Å². The fourth-order valence-corrected chi connectivity index (χ4v) is 0. The Morgan fingerprint density at radius 2 is 1.50 bits per heavy atom. The molecule has 0 aromatic carbocycles. The van der Waals surface area contributed by atoms with Crippen LogP contribution in [-0.4, -0.2) is 16.6 Å². The molecule has 0 heterocycles. The van der Waals surface area contributed by atoms with Crippen LogP contribution in [-0.2, 0) is 0 Å². The fraction of sp³-hybridized carbons (Fsp3) is 1.00. The van der Waals surface area contributed by atoms with Gasteiger partial charge in [-0.1, -0.05) is 0 Å². The third-order valence-electron chi connectivity index (χ3n) is 0. The van der Waals surface area contributed by atoms with Crippen LogP contribution in [0.2, 0.25) is 0 Å². The molecular weight excluding hydrogens is 58.0 g/mol. The number of hydrogen-bond acceptors (Lipinski definition) is 3. The molecule has 3 heteroatoms. The standard InChI is InChI=1S/CH5NO2/c2-1(3)4/h1,3-4H,2H2. The number of aliphatic hydroxyl groups excluding tert-OH is 1. The van der Waals surface area contributed by atoms with Gasteiger partial charge < -0.3 is 10.2 Å². The molecule has 0 aliphatic heterocycles. The molecule has 0 amide bonds. The van der Waals surface area contributed by atoms with Gasteiger partial charge in [-0.3, -0.25) is 5.73 Å². The maximum atomic E-state index is 7.39. The average Bonchev–Trinajstić information content (AvgIpc) is 0.811. The Morgan fingerprint density at radius 3 is 1.50 bits per heavy atom. The van der Waals surface area contributed by atoms with Crippen molar-refractivity contribution in [3.05, 3.63) is 0 Å². The van der Waals surface area contributed by atoms with Gasteiger partial charge in [-0.15, -0.1) is 0 Å². The quantitative estimate of drug-likeness (QED) is 0.291. The minimum Gasteiger partial charge on any atom is -0.356 e. The molecule has 0 aromatic heterocycles. The SMILES string of the molecule is NC(O)O. The van der Waals surface area contributed by atoms with Crippen molar-refractivity contribution in [2.75, 3.05) is 0 Å². The van der Waals surface area contributed by atoms with Crippen molar-refractivity contribution in [1.82, 2.24) is 0 Å². The van der Waals surface area contributed by atoms with E-state index in [1.54, 1.807) is 0 Å². The van der Waals surface area contributed by atoms with Gasteiger partial charge in [0.05, 0.1) is 0 Å². The van der Waals surface area contributed by atoms with Gasteiger partial charge in [0.25, 0.3) is 0 Å². The van der Waals surface area contributed by atoms with Crippen LogP contribution in [0.3, 0.4) is 0 Å². The lowest BCUT2D eigenvalue weighted by Crippen LogP contribution is -2.15. The summed E-state index contributed by atoms with van der Waals surface area (Å²) in [6.45, 7) is 0. The van der Waals surface area contributed by atoms with Gasteiger partial charge >= 0.3 is 0 Å². The van der Waals surface area contributed by atoms with E-state index in [9.17, 15) is 0 Å². The Labute approximate surface area is 23.7 Å². The third kappa shape index (κ3) is 101. The van der Waals surface area contributed by atoms with Gasteiger partial charge in [-0.05, 0) is 0 Å². The molecular formula is CH5NO2. The largest absolute Gasteiger partial charge is 0.356 e. The first kappa shape index (κ1) is 3.88. The highest BCUT2D eigenvalue weighted by molar-refractivity contribution is 3.96. The average molecular weight is 63.1 g/mol. The van der Waals surface area contributed by atoms with E-state index in [4.69, 9.17) is 10.2 Å². The van der Waals surface area contributed by atoms with Gasteiger partial charge in [0, 0.05) is 0 Å². The van der Waals surface area contributed by atoms with Crippen LogP contribution in [0, 0.1) is 0 Å². The molecule has 0 radical (unpaired) electrons. The molecule has 0 bridgehead atoms. The number of aliphatic hydroxyl groups is 2. The second-order valence-corrected chi connectivity index (χ2v) is 0.414. The smallest absolute Gasteiger partial charge is 0.208 e. The van der Waals surface area contributed by atoms with Crippen LogP contribution in [0.4, 0.5) is 0 Å². The predicted octanol–water partition coefficient (Wildman–Crippen LogP) is -1.79. The molecule has 0 rings (SSSR count). The van der Waals surface area contributed by atoms with E-state index in [0.29, 0.717) is 0 Å². The minimum atomic E-state index is -1.67. The van der Waals surface area contributed by atoms with Gasteiger partial charge in [-0.2, -0.15) is 0 Å². The highest BCUT2D eigenvalue weighted by Crippen LogP contribution is 1.40. The summed E-state index contributed by atoms with van der Waals surface area (Å²) >= 11 is 0. The monoisotopic (exact) mass is 63.0 g/mol. The number of rotatable bonds is 0. The molecule has 0 spiro atoms. The van der Waals surface area contributed by atoms with Crippen molar-refractivity contribution < 1.29 is 10.2 Å². The van der Waals surface area contributed by atoms with E-state index in [1.165, 1.54) is 0 Å². The molecule has 0 saturated heterocycles. The zero-order valence-corrected chi connectivity index (χ0v) is 2.05. The third-order valence-corrected chi connectivity index (χ3v) is 0. The van der Waals surface area contributed by atoms with Crippen LogP contribution in [0.15, 0.2) is 0 Å². The van der Waals surface area contributed by atoms with Crippen LogP contribution in [0.25, 0.3) is 0 Å². The van der Waals surface area contributed by atoms with Crippen molar-refractivity contribution in [2.45, 2.75) is 6.41 Å². The van der Waals surface area contributed by atoms with Crippen LogP contribution < -0.4 is 5.73 Å². The summed E-state index contributed by atoms with van der Waals surface area (Å²) in [5.74, 6) is 0. The normalized spacial score (nSPS) is 9.00. The van der Waals surface area contributed by atoms with Crippen LogP contribution >= 0.6 is 0 Å². The summed E-state index contributed by atoms with van der Waals surface area (Å²) in [6.07, 6.45) is -1.67. The van der Waals surface area contributed by atoms with E-state index in [0.717, 1.165) is 0 Å². The minimum absolute atomic E-state index is 1.67. The zero-order chi connectivity index (χ0) is 3.58. The van der Waals surface area contributed by atoms with Crippen molar-refractivity contribution in [1.29, 1.82) is 0 Å². The van der Waals surface area contributed by atoms with Crippen molar-refractivity contribution in [2.24, 2.45) is 5.73 Å². The highest BCUT2D eigenvalue weighted by Gasteiger charge is 1.69. The molecule has 0 aliphatic carbocycles. The summed E-state index contributed by atoms with van der Waals surface area (Å²) < 4.78 is 0. The highest BCUT2D eigenvalue weighted by atomic mass is 16.5. The maximum Gasteiger partial charge on any atom is 0.208 e. The molecule has 0 aromatic rings. The first-order chi connectivity index (χ1) is 1.73. The Morgan fingerprint density at radius 1 is 1.50 bits per heavy atom. The summed E-state index contributed by atoms with van der Waals surface area (Å²) in [5.41, 5.74) is 4.22. The lowest BCUT2D eigenvalue weighted by molar-refractivity contribution is -0.0333. The summed E-state index contributed by atoms with van der Waals surface area (Å²) in [6, 6.07) is 0. The Balaban J connectivity index is 2.32. The fourth-order valence-electron chi connectivity index (χ4n) is 0. The van der Waals surface area contributed by atoms with Crippen molar-refractivity contribution in [3.63, 3.8) is 0 Å². The molecule has 26 valence electrons. The van der Waals surface area contributed by atoms with E-state index in [2.05, 4.69) is 5.73 Å². The second-order valence-electron chi connectivity index (χ2n) is 0.414. The Hall–Kier alpha value is -0.120. The molecule has 3 nitrogen and oxygen atoms in total. The summed E-state index contributed by atoms with van der Waals surface area (Å²) in [4.78, 5) is 0. The van der Waals surface area contributed by atoms with E-state index < -0.39 is 6.41 Å². The molecule has 0 unspecified atom stereocenters. The van der Waals surface area contributed by atoms with E-state index in [-0.39, 0.29) is 0 Å². The topological polar surface area (TPSA) is 66.5 Å². The van der Waals surface area contributed by atoms with Gasteiger partial charge in [0.15, 0.2) is 0 Å². The summed E-state index contributed by atoms with van der Waals surface area (Å²) in [5, 5.41) is 14.8. The van der Waals surface area contributed by atoms with E-state index in [1.807, 2.05) is 0 Å². The van der Waals surface area contributed by atoms with Crippen molar-refractivity contribution in [3.8, 4) is 0 Å². The molecule has 0 saturated carbocycles.